The number of nitrogens with zero attached hydrogens (tertiary/aromatic N) is 4. The van der Waals surface area contributed by atoms with E-state index in [1.54, 1.807) is 13.1 Å². The Morgan fingerprint density at radius 3 is 2.62 bits per heavy atom. The first kappa shape index (κ1) is 18.7. The topological polar surface area (TPSA) is 56.3 Å². The first-order valence-electron chi connectivity index (χ1n) is 8.80. The van der Waals surface area contributed by atoms with Crippen molar-refractivity contribution >= 4 is 28.8 Å². The average Bonchev–Trinajstić information content (AvgIpc) is 2.66. The molecule has 0 spiro atoms. The fourth-order valence-electron chi connectivity index (χ4n) is 3.13. The fourth-order valence-corrected chi connectivity index (χ4v) is 3.35. The van der Waals surface area contributed by atoms with Gasteiger partial charge in [-0.2, -0.15) is 0 Å². The number of aromatic nitrogens is 2. The van der Waals surface area contributed by atoms with Crippen LogP contribution in [-0.2, 0) is 6.54 Å². The molecule has 0 bridgehead atoms. The van der Waals surface area contributed by atoms with Crippen molar-refractivity contribution in [1.29, 1.82) is 0 Å². The van der Waals surface area contributed by atoms with E-state index in [0.717, 1.165) is 38.3 Å². The second kappa shape index (κ2) is 8.51. The number of nitrogens with one attached hydrogen (secondary N) is 2. The van der Waals surface area contributed by atoms with Crippen LogP contribution in [0.3, 0.4) is 0 Å². The van der Waals surface area contributed by atoms with Crippen molar-refractivity contribution in [3.8, 4) is 0 Å². The van der Waals surface area contributed by atoms with E-state index in [2.05, 4.69) is 37.3 Å². The smallest absolute Gasteiger partial charge is 0.157 e. The van der Waals surface area contributed by atoms with E-state index in [1.165, 1.54) is 6.33 Å². The molecule has 0 amide bonds. The van der Waals surface area contributed by atoms with Gasteiger partial charge in [0.15, 0.2) is 11.0 Å². The molecular weight excluding hydrogens is 355 g/mol. The van der Waals surface area contributed by atoms with Crippen molar-refractivity contribution in [3.05, 3.63) is 41.1 Å². The Kier molecular flexibility index (Phi) is 6.11. The third-order valence-electron chi connectivity index (χ3n) is 4.68. The number of benzene rings is 1. The van der Waals surface area contributed by atoms with E-state index >= 15 is 0 Å². The van der Waals surface area contributed by atoms with E-state index in [0.29, 0.717) is 28.9 Å². The van der Waals surface area contributed by atoms with Crippen molar-refractivity contribution in [2.75, 3.05) is 55.3 Å². The van der Waals surface area contributed by atoms with Crippen molar-refractivity contribution in [1.82, 2.24) is 14.9 Å². The SMILES string of the molecule is CCN1CCN(c2ccc(CNc3ncnc(Cl)c3NC)cc2F)CC1. The van der Waals surface area contributed by atoms with Crippen LogP contribution in [0.15, 0.2) is 24.5 Å². The summed E-state index contributed by atoms with van der Waals surface area (Å²) in [6, 6.07) is 5.38. The van der Waals surface area contributed by atoms with Gasteiger partial charge >= 0.3 is 0 Å². The van der Waals surface area contributed by atoms with E-state index in [1.807, 2.05) is 12.1 Å². The van der Waals surface area contributed by atoms with Crippen LogP contribution in [-0.4, -0.2) is 54.6 Å². The van der Waals surface area contributed by atoms with Gasteiger partial charge in [-0.3, -0.25) is 0 Å². The summed E-state index contributed by atoms with van der Waals surface area (Å²) in [6.07, 6.45) is 1.39. The highest BCUT2D eigenvalue weighted by molar-refractivity contribution is 6.32. The minimum atomic E-state index is -0.191. The van der Waals surface area contributed by atoms with Crippen molar-refractivity contribution in [2.45, 2.75) is 13.5 Å². The molecule has 0 saturated carbocycles. The molecule has 26 heavy (non-hydrogen) atoms. The van der Waals surface area contributed by atoms with Crippen molar-refractivity contribution < 1.29 is 4.39 Å². The molecule has 6 nitrogen and oxygen atoms in total. The number of piperazine rings is 1. The number of halogens is 2. The van der Waals surface area contributed by atoms with Crippen LogP contribution in [0.4, 0.5) is 21.6 Å². The van der Waals surface area contributed by atoms with Gasteiger partial charge in [-0.1, -0.05) is 24.6 Å². The molecule has 1 saturated heterocycles. The Morgan fingerprint density at radius 1 is 1.19 bits per heavy atom. The lowest BCUT2D eigenvalue weighted by Gasteiger charge is -2.35. The van der Waals surface area contributed by atoms with Gasteiger partial charge in [0.2, 0.25) is 0 Å². The molecule has 0 unspecified atom stereocenters. The second-order valence-electron chi connectivity index (χ2n) is 6.20. The third-order valence-corrected chi connectivity index (χ3v) is 4.97. The summed E-state index contributed by atoms with van der Waals surface area (Å²) in [6.45, 7) is 7.30. The van der Waals surface area contributed by atoms with Gasteiger partial charge in [-0.15, -0.1) is 0 Å². The molecule has 2 N–H and O–H groups in total. The normalized spacial score (nSPS) is 15.2. The van der Waals surface area contributed by atoms with Crippen LogP contribution in [0.2, 0.25) is 5.15 Å². The molecular formula is C18H24ClFN6. The van der Waals surface area contributed by atoms with Crippen LogP contribution in [0, 0.1) is 5.82 Å². The summed E-state index contributed by atoms with van der Waals surface area (Å²) in [5.41, 5.74) is 2.14. The molecule has 1 aromatic carbocycles. The van der Waals surface area contributed by atoms with Crippen LogP contribution < -0.4 is 15.5 Å². The highest BCUT2D eigenvalue weighted by Crippen LogP contribution is 2.26. The van der Waals surface area contributed by atoms with E-state index in [9.17, 15) is 4.39 Å². The minimum absolute atomic E-state index is 0.191. The van der Waals surface area contributed by atoms with E-state index in [4.69, 9.17) is 11.6 Å². The molecule has 1 aliphatic heterocycles. The van der Waals surface area contributed by atoms with Gasteiger partial charge in [-0.05, 0) is 24.2 Å². The molecule has 140 valence electrons. The molecule has 3 rings (SSSR count). The zero-order valence-corrected chi connectivity index (χ0v) is 15.9. The Bertz CT molecular complexity index is 748. The van der Waals surface area contributed by atoms with E-state index < -0.39 is 0 Å². The molecule has 0 aliphatic carbocycles. The van der Waals surface area contributed by atoms with E-state index in [-0.39, 0.29) is 5.82 Å². The molecule has 2 aromatic rings. The lowest BCUT2D eigenvalue weighted by Crippen LogP contribution is -2.46. The summed E-state index contributed by atoms with van der Waals surface area (Å²) in [4.78, 5) is 12.6. The first-order chi connectivity index (χ1) is 12.6. The minimum Gasteiger partial charge on any atom is -0.383 e. The molecule has 1 aromatic heterocycles. The maximum absolute atomic E-state index is 14.6. The van der Waals surface area contributed by atoms with Gasteiger partial charge in [0.05, 0.1) is 5.69 Å². The van der Waals surface area contributed by atoms with Gasteiger partial charge in [0.25, 0.3) is 0 Å². The summed E-state index contributed by atoms with van der Waals surface area (Å²) in [5, 5.41) is 6.49. The monoisotopic (exact) mass is 378 g/mol. The number of anilines is 3. The second-order valence-corrected chi connectivity index (χ2v) is 6.56. The van der Waals surface area contributed by atoms with Gasteiger partial charge in [0, 0.05) is 39.8 Å². The Hall–Kier alpha value is -2.12. The predicted octanol–water partition coefficient (Wildman–Crippen LogP) is 3.06. The lowest BCUT2D eigenvalue weighted by atomic mass is 10.1. The molecule has 8 heteroatoms. The largest absolute Gasteiger partial charge is 0.383 e. The van der Waals surface area contributed by atoms with Crippen LogP contribution in [0.5, 0.6) is 0 Å². The first-order valence-corrected chi connectivity index (χ1v) is 9.18. The molecule has 0 radical (unpaired) electrons. The zero-order chi connectivity index (χ0) is 18.5. The Balaban J connectivity index is 1.66. The van der Waals surface area contributed by atoms with Gasteiger partial charge in [0.1, 0.15) is 17.8 Å². The highest BCUT2D eigenvalue weighted by Gasteiger charge is 2.18. The van der Waals surface area contributed by atoms with Gasteiger partial charge < -0.3 is 20.4 Å². The van der Waals surface area contributed by atoms with Crippen molar-refractivity contribution in [3.63, 3.8) is 0 Å². The van der Waals surface area contributed by atoms with Crippen LogP contribution >= 0.6 is 11.6 Å². The summed E-state index contributed by atoms with van der Waals surface area (Å²) < 4.78 is 14.6. The Morgan fingerprint density at radius 2 is 1.96 bits per heavy atom. The van der Waals surface area contributed by atoms with Crippen molar-refractivity contribution in [2.24, 2.45) is 0 Å². The summed E-state index contributed by atoms with van der Waals surface area (Å²) >= 11 is 6.04. The summed E-state index contributed by atoms with van der Waals surface area (Å²) in [7, 11) is 1.75. The predicted molar refractivity (Wildman–Crippen MR) is 105 cm³/mol. The fraction of sp³-hybridized carbons (Fsp3) is 0.444. The average molecular weight is 379 g/mol. The van der Waals surface area contributed by atoms with Crippen LogP contribution in [0.25, 0.3) is 0 Å². The zero-order valence-electron chi connectivity index (χ0n) is 15.1. The number of likely N-dealkylation sites (N-methyl/N-ethyl adjacent to an activating group) is 1. The number of rotatable bonds is 6. The standard InChI is InChI=1S/C18H24ClFN6/c1-3-25-6-8-26(9-7-25)15-5-4-13(10-14(15)20)11-22-18-16(21-2)17(19)23-12-24-18/h4-5,10,12,21H,3,6-9,11H2,1-2H3,(H,22,23,24). The molecule has 1 aliphatic rings. The Labute approximate surface area is 158 Å². The summed E-state index contributed by atoms with van der Waals surface area (Å²) in [5.74, 6) is 0.400. The van der Waals surface area contributed by atoms with Gasteiger partial charge in [-0.25, -0.2) is 14.4 Å². The molecule has 1 fully saturated rings. The number of hydrogen-bond donors (Lipinski definition) is 2. The maximum Gasteiger partial charge on any atom is 0.157 e. The quantitative estimate of drug-likeness (QED) is 0.753. The number of hydrogen-bond acceptors (Lipinski definition) is 6. The molecule has 0 atom stereocenters. The van der Waals surface area contributed by atoms with Crippen LogP contribution in [0.1, 0.15) is 12.5 Å². The maximum atomic E-state index is 14.6. The third kappa shape index (κ3) is 4.16. The highest BCUT2D eigenvalue weighted by atomic mass is 35.5. The lowest BCUT2D eigenvalue weighted by molar-refractivity contribution is 0.270. The molecule has 2 heterocycles.